The summed E-state index contributed by atoms with van der Waals surface area (Å²) >= 11 is 0. The van der Waals surface area contributed by atoms with Crippen molar-refractivity contribution in [2.45, 2.75) is 38.4 Å². The van der Waals surface area contributed by atoms with Crippen molar-refractivity contribution in [2.24, 2.45) is 5.92 Å². The number of nitrogens with one attached hydrogen (secondary N) is 1. The van der Waals surface area contributed by atoms with E-state index in [1.807, 2.05) is 17.1 Å². The normalized spacial score (nSPS) is 24.7. The number of aromatic nitrogens is 2. The molecule has 2 unspecified atom stereocenters. The standard InChI is InChI=1S/C17H29N5O2/c1-20-7-5-16-15(13-20)4-3-6-22(16)17(23)18-10-14-11-19-21(12-14)8-9-24-2/h11-12,15-16H,3-10,13H2,1-2H3,(H,18,23). The Balaban J connectivity index is 1.51. The van der Waals surface area contributed by atoms with Gasteiger partial charge in [0.15, 0.2) is 0 Å². The Hall–Kier alpha value is -1.60. The number of ether oxygens (including phenoxy) is 1. The van der Waals surface area contributed by atoms with Crippen LogP contribution in [0.1, 0.15) is 24.8 Å². The molecular weight excluding hydrogens is 306 g/mol. The number of piperidine rings is 2. The molecule has 2 fully saturated rings. The third kappa shape index (κ3) is 4.08. The molecule has 134 valence electrons. The third-order valence-electron chi connectivity index (χ3n) is 5.19. The lowest BCUT2D eigenvalue weighted by Gasteiger charge is -2.46. The fourth-order valence-corrected chi connectivity index (χ4v) is 3.92. The Bertz CT molecular complexity index is 547. The summed E-state index contributed by atoms with van der Waals surface area (Å²) in [4.78, 5) is 17.1. The van der Waals surface area contributed by atoms with E-state index in [-0.39, 0.29) is 6.03 Å². The van der Waals surface area contributed by atoms with E-state index in [9.17, 15) is 4.79 Å². The van der Waals surface area contributed by atoms with Crippen molar-refractivity contribution >= 4 is 6.03 Å². The summed E-state index contributed by atoms with van der Waals surface area (Å²) < 4.78 is 6.90. The van der Waals surface area contributed by atoms with Crippen LogP contribution in [-0.4, -0.2) is 72.1 Å². The minimum atomic E-state index is 0.0684. The lowest BCUT2D eigenvalue weighted by molar-refractivity contribution is 0.0532. The molecule has 0 spiro atoms. The maximum Gasteiger partial charge on any atom is 0.317 e. The highest BCUT2D eigenvalue weighted by Gasteiger charge is 2.37. The van der Waals surface area contributed by atoms with Gasteiger partial charge in [0, 0.05) is 44.5 Å². The zero-order chi connectivity index (χ0) is 16.9. The first-order chi connectivity index (χ1) is 11.7. The SMILES string of the molecule is COCCn1cc(CNC(=O)N2CCCC3CN(C)CCC32)cn1. The van der Waals surface area contributed by atoms with Gasteiger partial charge in [0.2, 0.25) is 0 Å². The van der Waals surface area contributed by atoms with Crippen LogP contribution in [0.3, 0.4) is 0 Å². The maximum atomic E-state index is 12.6. The van der Waals surface area contributed by atoms with Gasteiger partial charge in [-0.15, -0.1) is 0 Å². The Kier molecular flexibility index (Phi) is 5.73. The van der Waals surface area contributed by atoms with Gasteiger partial charge in [-0.3, -0.25) is 4.68 Å². The molecule has 3 rings (SSSR count). The van der Waals surface area contributed by atoms with Gasteiger partial charge in [-0.25, -0.2) is 4.79 Å². The molecule has 0 aromatic carbocycles. The molecule has 24 heavy (non-hydrogen) atoms. The molecule has 2 atom stereocenters. The van der Waals surface area contributed by atoms with Gasteiger partial charge in [0.1, 0.15) is 0 Å². The van der Waals surface area contributed by atoms with Crippen LogP contribution in [-0.2, 0) is 17.8 Å². The van der Waals surface area contributed by atoms with Gasteiger partial charge in [-0.1, -0.05) is 0 Å². The van der Waals surface area contributed by atoms with E-state index in [0.29, 0.717) is 25.1 Å². The van der Waals surface area contributed by atoms with E-state index >= 15 is 0 Å². The molecule has 2 amide bonds. The second-order valence-electron chi connectivity index (χ2n) is 6.98. The summed E-state index contributed by atoms with van der Waals surface area (Å²) in [6, 6.07) is 0.471. The fraction of sp³-hybridized carbons (Fsp3) is 0.765. The molecule has 7 heteroatoms. The van der Waals surface area contributed by atoms with Gasteiger partial charge in [0.25, 0.3) is 0 Å². The molecule has 2 saturated heterocycles. The van der Waals surface area contributed by atoms with Crippen LogP contribution in [0.5, 0.6) is 0 Å². The van der Waals surface area contributed by atoms with Crippen LogP contribution >= 0.6 is 0 Å². The Morgan fingerprint density at radius 1 is 1.42 bits per heavy atom. The summed E-state index contributed by atoms with van der Waals surface area (Å²) in [6.45, 7) is 4.97. The minimum Gasteiger partial charge on any atom is -0.383 e. The number of hydrogen-bond acceptors (Lipinski definition) is 4. The van der Waals surface area contributed by atoms with Gasteiger partial charge in [-0.05, 0) is 38.8 Å². The number of methoxy groups -OCH3 is 1. The zero-order valence-corrected chi connectivity index (χ0v) is 14.8. The molecule has 0 aliphatic carbocycles. The fourth-order valence-electron chi connectivity index (χ4n) is 3.92. The molecule has 0 radical (unpaired) electrons. The predicted molar refractivity (Wildman–Crippen MR) is 91.7 cm³/mol. The zero-order valence-electron chi connectivity index (χ0n) is 14.8. The number of rotatable bonds is 5. The van der Waals surface area contributed by atoms with Crippen LogP contribution in [0.2, 0.25) is 0 Å². The number of amides is 2. The summed E-state index contributed by atoms with van der Waals surface area (Å²) in [5.41, 5.74) is 1.02. The smallest absolute Gasteiger partial charge is 0.317 e. The number of carbonyl (C=O) groups excluding carboxylic acids is 1. The van der Waals surface area contributed by atoms with Gasteiger partial charge in [-0.2, -0.15) is 5.10 Å². The molecule has 0 saturated carbocycles. The highest BCUT2D eigenvalue weighted by atomic mass is 16.5. The lowest BCUT2D eigenvalue weighted by Crippen LogP contribution is -2.57. The molecule has 1 N–H and O–H groups in total. The van der Waals surface area contributed by atoms with E-state index in [0.717, 1.165) is 44.6 Å². The number of likely N-dealkylation sites (tertiary alicyclic amines) is 2. The number of urea groups is 1. The first kappa shape index (κ1) is 17.2. The average Bonchev–Trinajstić information content (AvgIpc) is 3.05. The van der Waals surface area contributed by atoms with Crippen molar-refractivity contribution in [3.63, 3.8) is 0 Å². The van der Waals surface area contributed by atoms with Crippen molar-refractivity contribution in [3.05, 3.63) is 18.0 Å². The highest BCUT2D eigenvalue weighted by molar-refractivity contribution is 5.74. The topological polar surface area (TPSA) is 62.6 Å². The summed E-state index contributed by atoms with van der Waals surface area (Å²) in [6.07, 6.45) is 7.21. The minimum absolute atomic E-state index is 0.0684. The first-order valence-electron chi connectivity index (χ1n) is 8.90. The number of hydrogen-bond donors (Lipinski definition) is 1. The van der Waals surface area contributed by atoms with E-state index < -0.39 is 0 Å². The largest absolute Gasteiger partial charge is 0.383 e. The molecular formula is C17H29N5O2. The van der Waals surface area contributed by atoms with Crippen LogP contribution < -0.4 is 5.32 Å². The monoisotopic (exact) mass is 335 g/mol. The van der Waals surface area contributed by atoms with E-state index in [4.69, 9.17) is 4.74 Å². The first-order valence-corrected chi connectivity index (χ1v) is 8.90. The van der Waals surface area contributed by atoms with E-state index in [1.54, 1.807) is 7.11 Å². The number of nitrogens with zero attached hydrogens (tertiary/aromatic N) is 4. The third-order valence-corrected chi connectivity index (χ3v) is 5.19. The van der Waals surface area contributed by atoms with Crippen molar-refractivity contribution in [1.29, 1.82) is 0 Å². The Morgan fingerprint density at radius 2 is 2.29 bits per heavy atom. The molecule has 1 aromatic rings. The second-order valence-corrected chi connectivity index (χ2v) is 6.98. The molecule has 1 aromatic heterocycles. The number of carbonyl (C=O) groups is 1. The molecule has 7 nitrogen and oxygen atoms in total. The van der Waals surface area contributed by atoms with Crippen molar-refractivity contribution in [3.8, 4) is 0 Å². The van der Waals surface area contributed by atoms with Crippen molar-refractivity contribution in [1.82, 2.24) is 24.9 Å². The van der Waals surface area contributed by atoms with Gasteiger partial charge in [0.05, 0.1) is 19.3 Å². The Morgan fingerprint density at radius 3 is 3.12 bits per heavy atom. The Labute approximate surface area is 143 Å². The quantitative estimate of drug-likeness (QED) is 0.877. The summed E-state index contributed by atoms with van der Waals surface area (Å²) in [7, 11) is 3.86. The molecule has 3 heterocycles. The van der Waals surface area contributed by atoms with Crippen LogP contribution in [0.25, 0.3) is 0 Å². The second kappa shape index (κ2) is 7.98. The summed E-state index contributed by atoms with van der Waals surface area (Å²) in [5.74, 6) is 0.625. The average molecular weight is 335 g/mol. The predicted octanol–water partition coefficient (Wildman–Crippen LogP) is 1.16. The van der Waals surface area contributed by atoms with Crippen LogP contribution in [0.4, 0.5) is 4.79 Å². The highest BCUT2D eigenvalue weighted by Crippen LogP contribution is 2.30. The maximum absolute atomic E-state index is 12.6. The van der Waals surface area contributed by atoms with E-state index in [1.165, 1.54) is 6.42 Å². The molecule has 0 bridgehead atoms. The van der Waals surface area contributed by atoms with Gasteiger partial charge < -0.3 is 19.9 Å². The van der Waals surface area contributed by atoms with Crippen molar-refractivity contribution in [2.75, 3.05) is 40.4 Å². The molecule has 2 aliphatic heterocycles. The number of fused-ring (bicyclic) bond motifs is 1. The lowest BCUT2D eigenvalue weighted by atomic mass is 9.84. The summed E-state index contributed by atoms with van der Waals surface area (Å²) in [5, 5.41) is 7.36. The molecule has 2 aliphatic rings. The van der Waals surface area contributed by atoms with Crippen LogP contribution in [0, 0.1) is 5.92 Å². The van der Waals surface area contributed by atoms with Crippen molar-refractivity contribution < 1.29 is 9.53 Å². The van der Waals surface area contributed by atoms with E-state index in [2.05, 4.69) is 27.3 Å². The van der Waals surface area contributed by atoms with Gasteiger partial charge >= 0.3 is 6.03 Å². The van der Waals surface area contributed by atoms with Crippen LogP contribution in [0.15, 0.2) is 12.4 Å².